The van der Waals surface area contributed by atoms with Crippen LogP contribution in [-0.4, -0.2) is 23.2 Å². The summed E-state index contributed by atoms with van der Waals surface area (Å²) in [5, 5.41) is 5.79. The lowest BCUT2D eigenvalue weighted by Gasteiger charge is -2.08. The van der Waals surface area contributed by atoms with Gasteiger partial charge in [0.1, 0.15) is 5.02 Å². The first-order valence-corrected chi connectivity index (χ1v) is 9.88. The third kappa shape index (κ3) is 3.69. The predicted octanol–water partition coefficient (Wildman–Crippen LogP) is 3.11. The highest BCUT2D eigenvalue weighted by atomic mass is 35.5. The summed E-state index contributed by atoms with van der Waals surface area (Å²) in [7, 11) is -3.78. The Labute approximate surface area is 156 Å². The number of hydrogen-bond donors (Lipinski definition) is 1. The molecule has 2 aromatic heterocycles. The molecule has 0 unspecified atom stereocenters. The largest absolute Gasteiger partial charge is 0.291 e. The van der Waals surface area contributed by atoms with Gasteiger partial charge in [0.25, 0.3) is 15.6 Å². The van der Waals surface area contributed by atoms with Gasteiger partial charge in [-0.3, -0.25) is 9.52 Å². The summed E-state index contributed by atoms with van der Waals surface area (Å²) < 4.78 is 28.1. The molecule has 1 aromatic carbocycles. The van der Waals surface area contributed by atoms with Crippen molar-refractivity contribution in [3.05, 3.63) is 61.9 Å². The Kier molecular flexibility index (Phi) is 4.83. The molecule has 11 heteroatoms. The molecule has 0 aliphatic heterocycles. The number of halogens is 2. The maximum absolute atomic E-state index is 12.4. The van der Waals surface area contributed by atoms with E-state index < -0.39 is 15.6 Å². The first kappa shape index (κ1) is 17.9. The fourth-order valence-corrected chi connectivity index (χ4v) is 4.13. The Hall–Kier alpha value is -1.94. The van der Waals surface area contributed by atoms with Crippen LogP contribution in [0.3, 0.4) is 0 Å². The summed E-state index contributed by atoms with van der Waals surface area (Å²) in [5.74, 6) is 0. The lowest BCUT2D eigenvalue weighted by atomic mass is 10.3. The maximum Gasteiger partial charge on any atom is 0.291 e. The Morgan fingerprint density at radius 1 is 1.20 bits per heavy atom. The van der Waals surface area contributed by atoms with Crippen molar-refractivity contribution >= 4 is 49.7 Å². The third-order valence-electron chi connectivity index (χ3n) is 3.11. The highest BCUT2D eigenvalue weighted by molar-refractivity contribution is 7.93. The molecule has 0 bridgehead atoms. The molecule has 0 spiro atoms. The van der Waals surface area contributed by atoms with Gasteiger partial charge in [0.15, 0.2) is 5.13 Å². The van der Waals surface area contributed by atoms with Gasteiger partial charge < -0.3 is 0 Å². The molecular weight excluding hydrogens is 407 g/mol. The average Bonchev–Trinajstić information content (AvgIpc) is 2.97. The van der Waals surface area contributed by atoms with Crippen LogP contribution in [-0.2, 0) is 10.0 Å². The molecule has 0 atom stereocenters. The first-order chi connectivity index (χ1) is 11.8. The van der Waals surface area contributed by atoms with E-state index in [0.717, 1.165) is 10.4 Å². The molecule has 0 saturated heterocycles. The van der Waals surface area contributed by atoms with Crippen LogP contribution in [0.2, 0.25) is 10.0 Å². The highest BCUT2D eigenvalue weighted by Crippen LogP contribution is 2.21. The molecule has 0 fully saturated rings. The van der Waals surface area contributed by atoms with Crippen molar-refractivity contribution in [3.8, 4) is 5.69 Å². The Morgan fingerprint density at radius 3 is 2.48 bits per heavy atom. The fraction of sp³-hybridized carbons (Fsp3) is 0.0714. The summed E-state index contributed by atoms with van der Waals surface area (Å²) in [4.78, 5) is 16.1. The molecule has 25 heavy (non-hydrogen) atoms. The minimum absolute atomic E-state index is 0.0252. The summed E-state index contributed by atoms with van der Waals surface area (Å²) >= 11 is 12.7. The van der Waals surface area contributed by atoms with Crippen molar-refractivity contribution < 1.29 is 8.42 Å². The standard InChI is InChI=1S/C14H10Cl2N4O3S2/c1-8-7-24-14(18-8)19-25(22,23)10-4-2-9(3-5-10)20-13(21)12(16)11(15)6-17-20/h2-7H,1H3,(H,18,19). The maximum atomic E-state index is 12.4. The van der Waals surface area contributed by atoms with Crippen LogP contribution < -0.4 is 10.3 Å². The number of aromatic nitrogens is 3. The van der Waals surface area contributed by atoms with Gasteiger partial charge in [-0.05, 0) is 31.2 Å². The van der Waals surface area contributed by atoms with Crippen LogP contribution in [0.4, 0.5) is 5.13 Å². The van der Waals surface area contributed by atoms with Gasteiger partial charge in [-0.1, -0.05) is 23.2 Å². The molecule has 0 aliphatic rings. The lowest BCUT2D eigenvalue weighted by Crippen LogP contribution is -2.21. The smallest absolute Gasteiger partial charge is 0.266 e. The van der Waals surface area contributed by atoms with Crippen LogP contribution in [0, 0.1) is 6.92 Å². The van der Waals surface area contributed by atoms with Crippen molar-refractivity contribution in [2.45, 2.75) is 11.8 Å². The van der Waals surface area contributed by atoms with Gasteiger partial charge in [0.2, 0.25) is 0 Å². The van der Waals surface area contributed by atoms with Crippen molar-refractivity contribution in [1.29, 1.82) is 0 Å². The second-order valence-corrected chi connectivity index (χ2v) is 8.24. The van der Waals surface area contributed by atoms with Crippen molar-refractivity contribution in [2.75, 3.05) is 4.72 Å². The fourth-order valence-electron chi connectivity index (χ4n) is 1.94. The van der Waals surface area contributed by atoms with Crippen LogP contribution >= 0.6 is 34.5 Å². The molecule has 3 rings (SSSR count). The zero-order chi connectivity index (χ0) is 18.2. The van der Waals surface area contributed by atoms with E-state index >= 15 is 0 Å². The van der Waals surface area contributed by atoms with E-state index in [1.807, 2.05) is 0 Å². The van der Waals surface area contributed by atoms with Gasteiger partial charge in [-0.2, -0.15) is 9.78 Å². The number of nitrogens with zero attached hydrogens (tertiary/aromatic N) is 3. The van der Waals surface area contributed by atoms with Crippen LogP contribution in [0.1, 0.15) is 5.69 Å². The normalized spacial score (nSPS) is 11.5. The molecule has 0 saturated carbocycles. The first-order valence-electron chi connectivity index (χ1n) is 6.76. The third-order valence-corrected chi connectivity index (χ3v) is 6.22. The van der Waals surface area contributed by atoms with E-state index in [-0.39, 0.29) is 20.1 Å². The lowest BCUT2D eigenvalue weighted by molar-refractivity contribution is 0.601. The number of sulfonamides is 1. The minimum atomic E-state index is -3.78. The van der Waals surface area contributed by atoms with Crippen LogP contribution in [0.25, 0.3) is 5.69 Å². The van der Waals surface area contributed by atoms with Gasteiger partial charge in [-0.15, -0.1) is 11.3 Å². The number of rotatable bonds is 4. The monoisotopic (exact) mass is 416 g/mol. The van der Waals surface area contributed by atoms with E-state index in [1.54, 1.807) is 12.3 Å². The van der Waals surface area contributed by atoms with E-state index in [1.165, 1.54) is 41.8 Å². The van der Waals surface area contributed by atoms with Gasteiger partial charge in [0.05, 0.1) is 27.5 Å². The van der Waals surface area contributed by atoms with Crippen molar-refractivity contribution in [1.82, 2.24) is 14.8 Å². The van der Waals surface area contributed by atoms with Crippen molar-refractivity contribution in [3.63, 3.8) is 0 Å². The molecular formula is C14H10Cl2N4O3S2. The minimum Gasteiger partial charge on any atom is -0.266 e. The van der Waals surface area contributed by atoms with Gasteiger partial charge in [0, 0.05) is 5.38 Å². The number of aryl methyl sites for hydroxylation is 1. The average molecular weight is 417 g/mol. The quantitative estimate of drug-likeness (QED) is 0.704. The molecule has 1 N–H and O–H groups in total. The highest BCUT2D eigenvalue weighted by Gasteiger charge is 2.16. The zero-order valence-corrected chi connectivity index (χ0v) is 15.7. The van der Waals surface area contributed by atoms with E-state index in [0.29, 0.717) is 5.69 Å². The topological polar surface area (TPSA) is 94.0 Å². The molecule has 7 nitrogen and oxygen atoms in total. The van der Waals surface area contributed by atoms with E-state index in [4.69, 9.17) is 23.2 Å². The van der Waals surface area contributed by atoms with Gasteiger partial charge in [-0.25, -0.2) is 13.4 Å². The molecule has 2 heterocycles. The van der Waals surface area contributed by atoms with Crippen LogP contribution in [0.15, 0.2) is 45.5 Å². The Bertz CT molecular complexity index is 1090. The molecule has 3 aromatic rings. The summed E-state index contributed by atoms with van der Waals surface area (Å²) in [6, 6.07) is 5.60. The number of benzene rings is 1. The van der Waals surface area contributed by atoms with Crippen molar-refractivity contribution in [2.24, 2.45) is 0 Å². The molecule has 130 valence electrons. The van der Waals surface area contributed by atoms with E-state index in [9.17, 15) is 13.2 Å². The van der Waals surface area contributed by atoms with E-state index in [2.05, 4.69) is 14.8 Å². The second-order valence-electron chi connectivity index (χ2n) is 4.92. The number of hydrogen-bond acceptors (Lipinski definition) is 6. The summed E-state index contributed by atoms with van der Waals surface area (Å²) in [5.41, 5.74) is 0.483. The number of nitrogens with one attached hydrogen (secondary N) is 1. The molecule has 0 aliphatic carbocycles. The molecule has 0 radical (unpaired) electrons. The molecule has 0 amide bonds. The predicted molar refractivity (Wildman–Crippen MR) is 97.5 cm³/mol. The Morgan fingerprint density at radius 2 is 1.88 bits per heavy atom. The summed E-state index contributed by atoms with van der Waals surface area (Å²) in [6.07, 6.45) is 1.24. The number of thiazole rings is 1. The van der Waals surface area contributed by atoms with Crippen LogP contribution in [0.5, 0.6) is 0 Å². The van der Waals surface area contributed by atoms with Gasteiger partial charge >= 0.3 is 0 Å². The number of anilines is 1. The summed E-state index contributed by atoms with van der Waals surface area (Å²) in [6.45, 7) is 1.77. The SMILES string of the molecule is Cc1csc(NS(=O)(=O)c2ccc(-n3ncc(Cl)c(Cl)c3=O)cc2)n1. The Balaban J connectivity index is 1.92. The zero-order valence-electron chi connectivity index (χ0n) is 12.6. The second kappa shape index (κ2) is 6.75.